The minimum absolute atomic E-state index is 0.271. The Labute approximate surface area is 159 Å². The average molecular weight is 382 g/mol. The molecular formula is C19H18N4O3S. The van der Waals surface area contributed by atoms with Crippen LogP contribution in [0.25, 0.3) is 10.2 Å². The fraction of sp³-hybridized carbons (Fsp3) is 0.158. The fourth-order valence-electron chi connectivity index (χ4n) is 2.63. The van der Waals surface area contributed by atoms with Crippen LogP contribution in [-0.2, 0) is 9.59 Å². The third-order valence-corrected chi connectivity index (χ3v) is 4.52. The summed E-state index contributed by atoms with van der Waals surface area (Å²) in [6.07, 6.45) is 0. The standard InChI is InChI=1S/C19H18N4O3S/c1-10(24)20-15-6-13(7-16(8-15)21-11(2)25)19(26)23-14-4-5-17-18(9-14)27-12(3)22-17/h4-9H,1-3H3,(H,20,24)(H,21,25)(H,23,26). The van der Waals surface area contributed by atoms with Crippen LogP contribution in [0.1, 0.15) is 29.2 Å². The predicted octanol–water partition coefficient (Wildman–Crippen LogP) is 3.77. The second-order valence-electron chi connectivity index (χ2n) is 6.03. The molecule has 27 heavy (non-hydrogen) atoms. The topological polar surface area (TPSA) is 100 Å². The number of hydrogen-bond donors (Lipinski definition) is 3. The lowest BCUT2D eigenvalue weighted by Gasteiger charge is -2.11. The molecule has 138 valence electrons. The number of hydrogen-bond acceptors (Lipinski definition) is 5. The quantitative estimate of drug-likeness (QED) is 0.639. The van der Waals surface area contributed by atoms with Crippen LogP contribution in [0.3, 0.4) is 0 Å². The second kappa shape index (κ2) is 7.55. The lowest BCUT2D eigenvalue weighted by molar-refractivity contribution is -0.115. The lowest BCUT2D eigenvalue weighted by Crippen LogP contribution is -2.15. The number of amides is 3. The Bertz CT molecular complexity index is 1020. The number of benzene rings is 2. The Morgan fingerprint density at radius 1 is 0.852 bits per heavy atom. The second-order valence-corrected chi connectivity index (χ2v) is 7.27. The van der Waals surface area contributed by atoms with Crippen LogP contribution in [0, 0.1) is 6.92 Å². The van der Waals surface area contributed by atoms with Crippen LogP contribution >= 0.6 is 11.3 Å². The first-order valence-electron chi connectivity index (χ1n) is 8.19. The Morgan fingerprint density at radius 2 is 1.48 bits per heavy atom. The number of carbonyl (C=O) groups is 3. The molecule has 1 heterocycles. The summed E-state index contributed by atoms with van der Waals surface area (Å²) in [5.74, 6) is -0.894. The van der Waals surface area contributed by atoms with Gasteiger partial charge in [-0.3, -0.25) is 14.4 Å². The van der Waals surface area contributed by atoms with Gasteiger partial charge in [-0.25, -0.2) is 4.98 Å². The van der Waals surface area contributed by atoms with E-state index >= 15 is 0 Å². The molecule has 0 aliphatic rings. The predicted molar refractivity (Wildman–Crippen MR) is 107 cm³/mol. The molecule has 8 heteroatoms. The molecule has 3 amide bonds. The molecule has 3 N–H and O–H groups in total. The summed E-state index contributed by atoms with van der Waals surface area (Å²) >= 11 is 1.55. The van der Waals surface area contributed by atoms with E-state index in [1.165, 1.54) is 13.8 Å². The van der Waals surface area contributed by atoms with Crippen molar-refractivity contribution in [1.82, 2.24) is 4.98 Å². The molecule has 3 aromatic rings. The van der Waals surface area contributed by atoms with Crippen molar-refractivity contribution < 1.29 is 14.4 Å². The molecule has 1 aromatic heterocycles. The molecule has 0 unspecified atom stereocenters. The lowest BCUT2D eigenvalue weighted by atomic mass is 10.1. The van der Waals surface area contributed by atoms with Gasteiger partial charge in [0.15, 0.2) is 0 Å². The number of carbonyl (C=O) groups excluding carboxylic acids is 3. The largest absolute Gasteiger partial charge is 0.326 e. The third-order valence-electron chi connectivity index (χ3n) is 3.59. The van der Waals surface area contributed by atoms with E-state index in [1.54, 1.807) is 35.6 Å². The van der Waals surface area contributed by atoms with Crippen molar-refractivity contribution in [2.24, 2.45) is 0 Å². The number of aryl methyl sites for hydroxylation is 1. The van der Waals surface area contributed by atoms with Gasteiger partial charge in [0, 0.05) is 36.5 Å². The molecule has 3 rings (SSSR count). The zero-order chi connectivity index (χ0) is 19.6. The first kappa shape index (κ1) is 18.5. The monoisotopic (exact) mass is 382 g/mol. The fourth-order valence-corrected chi connectivity index (χ4v) is 3.50. The highest BCUT2D eigenvalue weighted by Gasteiger charge is 2.12. The Balaban J connectivity index is 1.88. The number of nitrogens with one attached hydrogen (secondary N) is 3. The highest BCUT2D eigenvalue weighted by atomic mass is 32.1. The molecule has 0 aliphatic heterocycles. The van der Waals surface area contributed by atoms with Crippen molar-refractivity contribution in [3.63, 3.8) is 0 Å². The first-order chi connectivity index (χ1) is 12.8. The summed E-state index contributed by atoms with van der Waals surface area (Å²) in [7, 11) is 0. The van der Waals surface area contributed by atoms with Gasteiger partial charge in [0.25, 0.3) is 5.91 Å². The summed E-state index contributed by atoms with van der Waals surface area (Å²) in [5.41, 5.74) is 2.68. The van der Waals surface area contributed by atoms with Gasteiger partial charge in [0.2, 0.25) is 11.8 Å². The number of aromatic nitrogens is 1. The maximum atomic E-state index is 12.7. The van der Waals surface area contributed by atoms with Crippen LogP contribution in [0.4, 0.5) is 17.1 Å². The van der Waals surface area contributed by atoms with Gasteiger partial charge in [0.05, 0.1) is 15.2 Å². The summed E-state index contributed by atoms with van der Waals surface area (Å²) in [6.45, 7) is 4.67. The van der Waals surface area contributed by atoms with Crippen LogP contribution in [0.2, 0.25) is 0 Å². The van der Waals surface area contributed by atoms with Crippen LogP contribution < -0.4 is 16.0 Å². The van der Waals surface area contributed by atoms with Gasteiger partial charge >= 0.3 is 0 Å². The molecule has 0 aliphatic carbocycles. The first-order valence-corrected chi connectivity index (χ1v) is 9.00. The Hall–Kier alpha value is -3.26. The Kier molecular flexibility index (Phi) is 5.18. The summed E-state index contributed by atoms with van der Waals surface area (Å²) in [5, 5.41) is 9.05. The van der Waals surface area contributed by atoms with E-state index < -0.39 is 0 Å². The molecule has 0 radical (unpaired) electrons. The zero-order valence-corrected chi connectivity index (χ0v) is 15.9. The van der Waals surface area contributed by atoms with Crippen molar-refractivity contribution >= 4 is 56.3 Å². The summed E-state index contributed by atoms with van der Waals surface area (Å²) < 4.78 is 0.983. The molecular weight excluding hydrogens is 364 g/mol. The molecule has 0 fully saturated rings. The molecule has 0 saturated heterocycles. The van der Waals surface area contributed by atoms with E-state index in [2.05, 4.69) is 20.9 Å². The van der Waals surface area contributed by atoms with E-state index in [4.69, 9.17) is 0 Å². The van der Waals surface area contributed by atoms with Crippen molar-refractivity contribution in [2.75, 3.05) is 16.0 Å². The van der Waals surface area contributed by atoms with Crippen molar-refractivity contribution in [1.29, 1.82) is 0 Å². The van der Waals surface area contributed by atoms with Crippen LogP contribution in [0.5, 0.6) is 0 Å². The minimum atomic E-state index is -0.352. The van der Waals surface area contributed by atoms with E-state index in [1.807, 2.05) is 19.1 Å². The van der Waals surface area contributed by atoms with Crippen molar-refractivity contribution in [3.8, 4) is 0 Å². The number of nitrogens with zero attached hydrogens (tertiary/aromatic N) is 1. The molecule has 0 spiro atoms. The number of anilines is 3. The van der Waals surface area contributed by atoms with E-state index in [-0.39, 0.29) is 17.7 Å². The maximum Gasteiger partial charge on any atom is 0.255 e. The van der Waals surface area contributed by atoms with Gasteiger partial charge in [-0.1, -0.05) is 0 Å². The molecule has 0 bridgehead atoms. The van der Waals surface area contributed by atoms with Gasteiger partial charge in [0.1, 0.15) is 0 Å². The number of fused-ring (bicyclic) bond motifs is 1. The summed E-state index contributed by atoms with van der Waals surface area (Å²) in [6, 6.07) is 10.2. The van der Waals surface area contributed by atoms with Gasteiger partial charge in [-0.05, 0) is 43.3 Å². The molecule has 0 saturated carbocycles. The maximum absolute atomic E-state index is 12.7. The van der Waals surface area contributed by atoms with Crippen molar-refractivity contribution in [2.45, 2.75) is 20.8 Å². The van der Waals surface area contributed by atoms with Crippen molar-refractivity contribution in [3.05, 3.63) is 47.0 Å². The number of rotatable bonds is 4. The summed E-state index contributed by atoms with van der Waals surface area (Å²) in [4.78, 5) is 39.8. The molecule has 7 nitrogen and oxygen atoms in total. The highest BCUT2D eigenvalue weighted by Crippen LogP contribution is 2.26. The van der Waals surface area contributed by atoms with E-state index in [0.717, 1.165) is 15.2 Å². The average Bonchev–Trinajstić information content (AvgIpc) is 2.92. The van der Waals surface area contributed by atoms with Crippen LogP contribution in [0.15, 0.2) is 36.4 Å². The Morgan fingerprint density at radius 3 is 2.07 bits per heavy atom. The van der Waals surface area contributed by atoms with Gasteiger partial charge in [-0.15, -0.1) is 11.3 Å². The molecule has 0 atom stereocenters. The third kappa shape index (κ3) is 4.68. The zero-order valence-electron chi connectivity index (χ0n) is 15.0. The SMILES string of the molecule is CC(=O)Nc1cc(NC(C)=O)cc(C(=O)Nc2ccc3nc(C)sc3c2)c1. The van der Waals surface area contributed by atoms with E-state index in [0.29, 0.717) is 22.6 Å². The normalized spacial score (nSPS) is 10.5. The smallest absolute Gasteiger partial charge is 0.255 e. The number of thiazole rings is 1. The van der Waals surface area contributed by atoms with Gasteiger partial charge in [-0.2, -0.15) is 0 Å². The van der Waals surface area contributed by atoms with Crippen LogP contribution in [-0.4, -0.2) is 22.7 Å². The minimum Gasteiger partial charge on any atom is -0.326 e. The van der Waals surface area contributed by atoms with E-state index in [9.17, 15) is 14.4 Å². The molecule has 2 aromatic carbocycles. The highest BCUT2D eigenvalue weighted by molar-refractivity contribution is 7.18. The van der Waals surface area contributed by atoms with Gasteiger partial charge < -0.3 is 16.0 Å².